The zero-order chi connectivity index (χ0) is 35.6. The zero-order valence-corrected chi connectivity index (χ0v) is 28.8. The molecule has 0 fully saturated rings. The fourth-order valence-corrected chi connectivity index (χ4v) is 7.57. The Morgan fingerprint density at radius 1 is 0.333 bits per heavy atom. The maximum Gasteiger partial charge on any atom is 0.164 e. The number of rotatable bonds is 5. The Bertz CT molecular complexity index is 3200. The van der Waals surface area contributed by atoms with Gasteiger partial charge in [0.1, 0.15) is 22.4 Å². The standard InChI is InChI=1S/C48H28N4O2/c1-3-12-30(13-4-1)44-45-43(34-16-7-9-19-38(34)49-44)37-28-33(26-27-40(37)54-45)29-22-24-32(25-23-29)47-50-46(31-14-5-2-6-15-31)51-48(52-47)36-18-11-21-41-42(36)35-17-8-10-20-39(35)53-41/h1-28H. The number of pyridine rings is 1. The molecule has 0 saturated carbocycles. The first kappa shape index (κ1) is 30.2. The molecule has 6 heteroatoms. The number of hydrogen-bond donors (Lipinski definition) is 0. The van der Waals surface area contributed by atoms with Crippen molar-refractivity contribution in [2.45, 2.75) is 0 Å². The SMILES string of the molecule is c1ccc(-c2nc(-c3ccc(-c4ccc5oc6c(-c7ccccc7)nc7ccccc7c6c5c4)cc3)nc(-c3cccc4oc5ccccc5c34)n2)cc1. The number of furan rings is 2. The van der Waals surface area contributed by atoms with Crippen LogP contribution in [0.4, 0.5) is 0 Å². The van der Waals surface area contributed by atoms with E-state index < -0.39 is 0 Å². The first-order chi connectivity index (χ1) is 26.7. The summed E-state index contributed by atoms with van der Waals surface area (Å²) in [6, 6.07) is 57.5. The van der Waals surface area contributed by atoms with Crippen LogP contribution in [0, 0.1) is 0 Å². The Hall–Kier alpha value is -7.44. The monoisotopic (exact) mass is 692 g/mol. The molecule has 0 radical (unpaired) electrons. The van der Waals surface area contributed by atoms with E-state index in [1.807, 2.05) is 84.9 Å². The molecule has 0 bridgehead atoms. The molecule has 252 valence electrons. The molecule has 7 aromatic carbocycles. The Kier molecular flexibility index (Phi) is 6.75. The van der Waals surface area contributed by atoms with E-state index in [1.165, 1.54) is 0 Å². The minimum absolute atomic E-state index is 0.592. The van der Waals surface area contributed by atoms with Crippen molar-refractivity contribution in [2.75, 3.05) is 0 Å². The highest BCUT2D eigenvalue weighted by atomic mass is 16.3. The van der Waals surface area contributed by atoms with Gasteiger partial charge in [-0.05, 0) is 41.5 Å². The normalized spacial score (nSPS) is 11.7. The molecule has 54 heavy (non-hydrogen) atoms. The van der Waals surface area contributed by atoms with E-state index in [-0.39, 0.29) is 0 Å². The fraction of sp³-hybridized carbons (Fsp3) is 0. The summed E-state index contributed by atoms with van der Waals surface area (Å²) in [6.07, 6.45) is 0. The molecule has 4 aromatic heterocycles. The van der Waals surface area contributed by atoms with Crippen LogP contribution < -0.4 is 0 Å². The summed E-state index contributed by atoms with van der Waals surface area (Å²) in [5, 5.41) is 5.20. The highest BCUT2D eigenvalue weighted by molar-refractivity contribution is 6.21. The molecule has 11 rings (SSSR count). The molecule has 0 amide bonds. The van der Waals surface area contributed by atoms with Gasteiger partial charge in [-0.15, -0.1) is 0 Å². The van der Waals surface area contributed by atoms with Gasteiger partial charge < -0.3 is 8.83 Å². The van der Waals surface area contributed by atoms with Crippen LogP contribution in [0.2, 0.25) is 0 Å². The predicted molar refractivity (Wildman–Crippen MR) is 217 cm³/mol. The lowest BCUT2D eigenvalue weighted by Crippen LogP contribution is -2.00. The van der Waals surface area contributed by atoms with E-state index in [4.69, 9.17) is 28.8 Å². The number of nitrogens with zero attached hydrogens (tertiary/aromatic N) is 4. The van der Waals surface area contributed by atoms with Gasteiger partial charge in [0.15, 0.2) is 23.1 Å². The third kappa shape index (κ3) is 4.89. The summed E-state index contributed by atoms with van der Waals surface area (Å²) in [4.78, 5) is 20.2. The average molecular weight is 693 g/mol. The fourth-order valence-electron chi connectivity index (χ4n) is 7.57. The summed E-state index contributed by atoms with van der Waals surface area (Å²) in [7, 11) is 0. The van der Waals surface area contributed by atoms with Crippen molar-refractivity contribution in [3.8, 4) is 56.5 Å². The lowest BCUT2D eigenvalue weighted by molar-refractivity contribution is 0.668. The molecule has 0 N–H and O–H groups in total. The van der Waals surface area contributed by atoms with Gasteiger partial charge in [-0.25, -0.2) is 19.9 Å². The molecule has 4 heterocycles. The van der Waals surface area contributed by atoms with Gasteiger partial charge in [-0.2, -0.15) is 0 Å². The quantitative estimate of drug-likeness (QED) is 0.179. The third-order valence-electron chi connectivity index (χ3n) is 10.1. The van der Waals surface area contributed by atoms with Crippen molar-refractivity contribution in [2.24, 2.45) is 0 Å². The predicted octanol–water partition coefficient (Wildman–Crippen LogP) is 12.6. The van der Waals surface area contributed by atoms with E-state index in [0.717, 1.165) is 93.9 Å². The van der Waals surface area contributed by atoms with Crippen LogP contribution in [0.5, 0.6) is 0 Å². The summed E-state index contributed by atoms with van der Waals surface area (Å²) in [6.45, 7) is 0. The van der Waals surface area contributed by atoms with Gasteiger partial charge >= 0.3 is 0 Å². The van der Waals surface area contributed by atoms with Crippen molar-refractivity contribution < 1.29 is 8.83 Å². The Morgan fingerprint density at radius 2 is 0.926 bits per heavy atom. The zero-order valence-electron chi connectivity index (χ0n) is 28.8. The van der Waals surface area contributed by atoms with Gasteiger partial charge in [0.2, 0.25) is 0 Å². The van der Waals surface area contributed by atoms with E-state index >= 15 is 0 Å². The highest BCUT2D eigenvalue weighted by Gasteiger charge is 2.20. The van der Waals surface area contributed by atoms with Crippen molar-refractivity contribution in [1.82, 2.24) is 19.9 Å². The van der Waals surface area contributed by atoms with Crippen LogP contribution in [0.15, 0.2) is 179 Å². The van der Waals surface area contributed by atoms with Gasteiger partial charge in [-0.1, -0.05) is 140 Å². The molecule has 6 nitrogen and oxygen atoms in total. The first-order valence-electron chi connectivity index (χ1n) is 17.9. The number of aromatic nitrogens is 4. The molecule has 0 unspecified atom stereocenters. The molecule has 11 aromatic rings. The van der Waals surface area contributed by atoms with E-state index in [2.05, 4.69) is 84.9 Å². The van der Waals surface area contributed by atoms with Crippen LogP contribution in [-0.4, -0.2) is 19.9 Å². The molecule has 0 spiro atoms. The van der Waals surface area contributed by atoms with Crippen molar-refractivity contribution in [1.29, 1.82) is 0 Å². The number of hydrogen-bond acceptors (Lipinski definition) is 6. The summed E-state index contributed by atoms with van der Waals surface area (Å²) in [5.41, 5.74) is 10.9. The molecule has 0 saturated heterocycles. The van der Waals surface area contributed by atoms with Crippen molar-refractivity contribution in [3.05, 3.63) is 170 Å². The van der Waals surface area contributed by atoms with Gasteiger partial charge in [-0.3, -0.25) is 0 Å². The second-order valence-corrected chi connectivity index (χ2v) is 13.4. The minimum Gasteiger partial charge on any atom is -0.456 e. The van der Waals surface area contributed by atoms with Crippen LogP contribution in [0.1, 0.15) is 0 Å². The first-order valence-corrected chi connectivity index (χ1v) is 17.9. The molecule has 0 aliphatic carbocycles. The van der Waals surface area contributed by atoms with Crippen LogP contribution in [-0.2, 0) is 0 Å². The van der Waals surface area contributed by atoms with Crippen molar-refractivity contribution >= 4 is 54.8 Å². The van der Waals surface area contributed by atoms with Gasteiger partial charge in [0.25, 0.3) is 0 Å². The van der Waals surface area contributed by atoms with Crippen LogP contribution in [0.25, 0.3) is 111 Å². The Balaban J connectivity index is 1.04. The van der Waals surface area contributed by atoms with E-state index in [0.29, 0.717) is 17.5 Å². The molecule has 0 aliphatic heterocycles. The maximum absolute atomic E-state index is 6.56. The largest absolute Gasteiger partial charge is 0.456 e. The van der Waals surface area contributed by atoms with E-state index in [9.17, 15) is 0 Å². The van der Waals surface area contributed by atoms with Crippen LogP contribution >= 0.6 is 0 Å². The second kappa shape index (κ2) is 12.1. The number of para-hydroxylation sites is 2. The topological polar surface area (TPSA) is 77.8 Å². The minimum atomic E-state index is 0.592. The lowest BCUT2D eigenvalue weighted by Gasteiger charge is -2.10. The van der Waals surface area contributed by atoms with E-state index in [1.54, 1.807) is 0 Å². The summed E-state index contributed by atoms with van der Waals surface area (Å²) < 4.78 is 12.8. The van der Waals surface area contributed by atoms with Gasteiger partial charge in [0, 0.05) is 49.2 Å². The molecule has 0 atom stereocenters. The highest BCUT2D eigenvalue weighted by Crippen LogP contribution is 2.41. The Labute approximate surface area is 309 Å². The van der Waals surface area contributed by atoms with Crippen molar-refractivity contribution in [3.63, 3.8) is 0 Å². The summed E-state index contributed by atoms with van der Waals surface area (Å²) >= 11 is 0. The average Bonchev–Trinajstić information content (AvgIpc) is 3.83. The molecule has 0 aliphatic rings. The summed E-state index contributed by atoms with van der Waals surface area (Å²) in [5.74, 6) is 1.80. The lowest BCUT2D eigenvalue weighted by atomic mass is 9.99. The van der Waals surface area contributed by atoms with Crippen LogP contribution in [0.3, 0.4) is 0 Å². The third-order valence-corrected chi connectivity index (χ3v) is 10.1. The second-order valence-electron chi connectivity index (χ2n) is 13.4. The molecular weight excluding hydrogens is 665 g/mol. The number of benzene rings is 7. The maximum atomic E-state index is 6.56. The number of fused-ring (bicyclic) bond motifs is 8. The molecular formula is C48H28N4O2. The van der Waals surface area contributed by atoms with Gasteiger partial charge in [0.05, 0.1) is 5.52 Å². The smallest absolute Gasteiger partial charge is 0.164 e. The Morgan fingerprint density at radius 3 is 1.72 bits per heavy atom.